The average Bonchev–Trinajstić information content (AvgIpc) is 2.89. The maximum absolute atomic E-state index is 13.7. The standard InChI is InChI=1S/C27H28ClN5O2/c1-2-23(32(16-8-13-29)26(34)20-12-14-30-18-22(20)28)25-21(17-19-9-4-3-5-10-19)27(35)33-15-7-6-11-24(33)31-25/h3-7,9-12,14-15,18,23H,2,8,13,16-17,29H2,1H3. The zero-order chi connectivity index (χ0) is 24.8. The first-order valence-electron chi connectivity index (χ1n) is 11.7. The van der Waals surface area contributed by atoms with Crippen molar-refractivity contribution in [2.45, 2.75) is 32.2 Å². The highest BCUT2D eigenvalue weighted by Gasteiger charge is 2.30. The van der Waals surface area contributed by atoms with E-state index in [1.807, 2.05) is 49.4 Å². The van der Waals surface area contributed by atoms with Crippen LogP contribution >= 0.6 is 11.6 Å². The molecule has 2 N–H and O–H groups in total. The lowest BCUT2D eigenvalue weighted by Crippen LogP contribution is -2.38. The molecule has 0 fully saturated rings. The van der Waals surface area contributed by atoms with Gasteiger partial charge in [0.15, 0.2) is 0 Å². The summed E-state index contributed by atoms with van der Waals surface area (Å²) in [5.74, 6) is -0.238. The Morgan fingerprint density at radius 2 is 1.91 bits per heavy atom. The van der Waals surface area contributed by atoms with Crippen LogP contribution < -0.4 is 11.3 Å². The first kappa shape index (κ1) is 24.6. The van der Waals surface area contributed by atoms with Crippen molar-refractivity contribution in [3.63, 3.8) is 0 Å². The van der Waals surface area contributed by atoms with E-state index in [1.165, 1.54) is 6.20 Å². The molecule has 0 aliphatic carbocycles. The third-order valence-corrected chi connectivity index (χ3v) is 6.33. The van der Waals surface area contributed by atoms with Gasteiger partial charge in [-0.05, 0) is 43.1 Å². The fraction of sp³-hybridized carbons (Fsp3) is 0.259. The van der Waals surface area contributed by atoms with Gasteiger partial charge in [0.1, 0.15) is 5.65 Å². The third kappa shape index (κ3) is 5.26. The SMILES string of the molecule is CCC(c1nc2ccccn2c(=O)c1Cc1ccccc1)N(CCCN)C(=O)c1ccncc1Cl. The van der Waals surface area contributed by atoms with E-state index >= 15 is 0 Å². The van der Waals surface area contributed by atoms with Crippen LogP contribution in [-0.2, 0) is 6.42 Å². The van der Waals surface area contributed by atoms with E-state index in [0.717, 1.165) is 5.56 Å². The van der Waals surface area contributed by atoms with Gasteiger partial charge in [-0.1, -0.05) is 54.9 Å². The van der Waals surface area contributed by atoms with Crippen LogP contribution in [-0.4, -0.2) is 38.3 Å². The number of carbonyl (C=O) groups is 1. The third-order valence-electron chi connectivity index (χ3n) is 6.03. The lowest BCUT2D eigenvalue weighted by Gasteiger charge is -2.32. The smallest absolute Gasteiger partial charge is 0.261 e. The number of amides is 1. The van der Waals surface area contributed by atoms with E-state index in [-0.39, 0.29) is 16.5 Å². The van der Waals surface area contributed by atoms with Crippen molar-refractivity contribution >= 4 is 23.2 Å². The molecule has 3 heterocycles. The van der Waals surface area contributed by atoms with Gasteiger partial charge in [-0.2, -0.15) is 0 Å². The molecular formula is C27H28ClN5O2. The Morgan fingerprint density at radius 1 is 1.14 bits per heavy atom. The molecule has 0 aliphatic heterocycles. The summed E-state index contributed by atoms with van der Waals surface area (Å²) in [6, 6.07) is 16.4. The molecule has 1 aromatic carbocycles. The van der Waals surface area contributed by atoms with Crippen LogP contribution in [0.1, 0.15) is 53.0 Å². The summed E-state index contributed by atoms with van der Waals surface area (Å²) < 4.78 is 1.56. The van der Waals surface area contributed by atoms with Crippen molar-refractivity contribution < 1.29 is 4.79 Å². The molecule has 0 spiro atoms. The molecule has 0 saturated carbocycles. The first-order valence-corrected chi connectivity index (χ1v) is 12.1. The number of nitrogens with two attached hydrogens (primary N) is 1. The van der Waals surface area contributed by atoms with Crippen LogP contribution in [0, 0.1) is 0 Å². The maximum atomic E-state index is 13.7. The van der Waals surface area contributed by atoms with Crippen molar-refractivity contribution in [2.24, 2.45) is 5.73 Å². The van der Waals surface area contributed by atoms with Crippen LogP contribution in [0.25, 0.3) is 5.65 Å². The Morgan fingerprint density at radius 3 is 2.63 bits per heavy atom. The summed E-state index contributed by atoms with van der Waals surface area (Å²) in [4.78, 5) is 38.1. The second kappa shape index (κ2) is 11.3. The maximum Gasteiger partial charge on any atom is 0.261 e. The fourth-order valence-electron chi connectivity index (χ4n) is 4.31. The van der Waals surface area contributed by atoms with Gasteiger partial charge in [0.25, 0.3) is 11.5 Å². The van der Waals surface area contributed by atoms with Gasteiger partial charge >= 0.3 is 0 Å². The topological polar surface area (TPSA) is 93.6 Å². The Kier molecular flexibility index (Phi) is 7.90. The van der Waals surface area contributed by atoms with Crippen LogP contribution in [0.15, 0.2) is 78.0 Å². The molecule has 0 saturated heterocycles. The van der Waals surface area contributed by atoms with Gasteiger partial charge in [0, 0.05) is 37.1 Å². The minimum atomic E-state index is -0.435. The number of hydrogen-bond acceptors (Lipinski definition) is 5. The van der Waals surface area contributed by atoms with Gasteiger partial charge in [-0.15, -0.1) is 0 Å². The van der Waals surface area contributed by atoms with Gasteiger partial charge in [0.05, 0.1) is 22.3 Å². The molecule has 8 heteroatoms. The largest absolute Gasteiger partial charge is 0.330 e. The second-order valence-electron chi connectivity index (χ2n) is 8.29. The van der Waals surface area contributed by atoms with Crippen molar-refractivity contribution in [3.8, 4) is 0 Å². The molecule has 0 radical (unpaired) electrons. The van der Waals surface area contributed by atoms with E-state index in [0.29, 0.717) is 54.8 Å². The Hall–Kier alpha value is -3.55. The zero-order valence-corrected chi connectivity index (χ0v) is 20.4. The van der Waals surface area contributed by atoms with Gasteiger partial charge < -0.3 is 10.6 Å². The molecule has 180 valence electrons. The lowest BCUT2D eigenvalue weighted by atomic mass is 9.97. The molecule has 1 amide bonds. The minimum Gasteiger partial charge on any atom is -0.330 e. The molecular weight excluding hydrogens is 462 g/mol. The lowest BCUT2D eigenvalue weighted by molar-refractivity contribution is 0.0664. The second-order valence-corrected chi connectivity index (χ2v) is 8.70. The highest BCUT2D eigenvalue weighted by Crippen LogP contribution is 2.29. The molecule has 1 unspecified atom stereocenters. The van der Waals surface area contributed by atoms with Crippen LogP contribution in [0.5, 0.6) is 0 Å². The predicted molar refractivity (Wildman–Crippen MR) is 138 cm³/mol. The van der Waals surface area contributed by atoms with E-state index in [9.17, 15) is 9.59 Å². The van der Waals surface area contributed by atoms with E-state index < -0.39 is 6.04 Å². The summed E-state index contributed by atoms with van der Waals surface area (Å²) in [6.45, 7) is 2.82. The molecule has 1 atom stereocenters. The molecule has 4 rings (SSSR count). The molecule has 0 aliphatic rings. The summed E-state index contributed by atoms with van der Waals surface area (Å²) in [5, 5.41) is 0.279. The molecule has 7 nitrogen and oxygen atoms in total. The predicted octanol–water partition coefficient (Wildman–Crippen LogP) is 4.28. The minimum absolute atomic E-state index is 0.138. The number of fused-ring (bicyclic) bond motifs is 1. The van der Waals surface area contributed by atoms with Gasteiger partial charge in [-0.3, -0.25) is 19.0 Å². The normalized spacial score (nSPS) is 12.0. The van der Waals surface area contributed by atoms with Crippen molar-refractivity contribution in [3.05, 3.63) is 111 Å². The van der Waals surface area contributed by atoms with Crippen LogP contribution in [0.2, 0.25) is 5.02 Å². The number of rotatable bonds is 9. The zero-order valence-electron chi connectivity index (χ0n) is 19.6. The number of carbonyl (C=O) groups excluding carboxylic acids is 1. The van der Waals surface area contributed by atoms with Crippen LogP contribution in [0.3, 0.4) is 0 Å². The van der Waals surface area contributed by atoms with Crippen molar-refractivity contribution in [1.29, 1.82) is 0 Å². The Labute approximate surface area is 209 Å². The van der Waals surface area contributed by atoms with Crippen molar-refractivity contribution in [2.75, 3.05) is 13.1 Å². The van der Waals surface area contributed by atoms with Gasteiger partial charge in [-0.25, -0.2) is 4.98 Å². The molecule has 0 bridgehead atoms. The number of pyridine rings is 2. The first-order chi connectivity index (χ1) is 17.0. The molecule has 35 heavy (non-hydrogen) atoms. The average molecular weight is 490 g/mol. The summed E-state index contributed by atoms with van der Waals surface area (Å²) in [5.41, 5.74) is 8.74. The summed E-state index contributed by atoms with van der Waals surface area (Å²) >= 11 is 6.33. The highest BCUT2D eigenvalue weighted by atomic mass is 35.5. The fourth-order valence-corrected chi connectivity index (χ4v) is 4.51. The van der Waals surface area contributed by atoms with E-state index in [4.69, 9.17) is 22.3 Å². The number of hydrogen-bond donors (Lipinski definition) is 1. The number of halogens is 1. The van der Waals surface area contributed by atoms with E-state index in [2.05, 4.69) is 4.98 Å². The Bertz CT molecular complexity index is 1370. The number of nitrogens with zero attached hydrogens (tertiary/aromatic N) is 4. The summed E-state index contributed by atoms with van der Waals surface area (Å²) in [7, 11) is 0. The molecule has 4 aromatic rings. The highest BCUT2D eigenvalue weighted by molar-refractivity contribution is 6.33. The summed E-state index contributed by atoms with van der Waals surface area (Å²) in [6.07, 6.45) is 6.30. The quantitative estimate of drug-likeness (QED) is 0.379. The molecule has 3 aromatic heterocycles. The monoisotopic (exact) mass is 489 g/mol. The number of aromatic nitrogens is 3. The Balaban J connectivity index is 1.88. The number of benzene rings is 1. The van der Waals surface area contributed by atoms with Crippen LogP contribution in [0.4, 0.5) is 0 Å². The van der Waals surface area contributed by atoms with Crippen molar-refractivity contribution in [1.82, 2.24) is 19.3 Å². The van der Waals surface area contributed by atoms with Gasteiger partial charge in [0.2, 0.25) is 0 Å². The van der Waals surface area contributed by atoms with E-state index in [1.54, 1.807) is 33.8 Å².